The number of hydrogen-bond donors (Lipinski definition) is 5. The van der Waals surface area contributed by atoms with Crippen LogP contribution in [-0.4, -0.2) is 105 Å². The summed E-state index contributed by atoms with van der Waals surface area (Å²) in [4.78, 5) is 91.5. The van der Waals surface area contributed by atoms with Gasteiger partial charge in [-0.2, -0.15) is 13.2 Å². The first-order valence-corrected chi connectivity index (χ1v) is 19.7. The quantitative estimate of drug-likeness (QED) is 0.164. The number of allylic oxidation sites excluding steroid dienone is 2. The van der Waals surface area contributed by atoms with Gasteiger partial charge in [-0.3, -0.25) is 33.8 Å². The Balaban J connectivity index is 1.39. The van der Waals surface area contributed by atoms with Crippen molar-refractivity contribution in [3.63, 3.8) is 0 Å². The lowest BCUT2D eigenvalue weighted by Gasteiger charge is -2.37. The van der Waals surface area contributed by atoms with Crippen LogP contribution >= 0.6 is 0 Å². The van der Waals surface area contributed by atoms with E-state index in [1.165, 1.54) is 29.6 Å². The van der Waals surface area contributed by atoms with Gasteiger partial charge in [0.05, 0.1) is 23.9 Å². The average Bonchev–Trinajstić information content (AvgIpc) is 3.90. The lowest BCUT2D eigenvalue weighted by Crippen LogP contribution is -2.62. The van der Waals surface area contributed by atoms with Gasteiger partial charge in [-0.25, -0.2) is 4.98 Å². The van der Waals surface area contributed by atoms with Crippen molar-refractivity contribution in [3.05, 3.63) is 48.2 Å². The number of rotatable bonds is 15. The number of ketones is 1. The summed E-state index contributed by atoms with van der Waals surface area (Å²) in [6.45, 7) is 6.80. The van der Waals surface area contributed by atoms with Gasteiger partial charge in [-0.15, -0.1) is 0 Å². The predicted molar refractivity (Wildman–Crippen MR) is 199 cm³/mol. The van der Waals surface area contributed by atoms with Crippen LogP contribution in [0.5, 0.6) is 0 Å². The maximum atomic E-state index is 14.7. The molecular weight excluding hydrogens is 749 g/mol. The SMILES string of the molecule is CCCC(NC(=O)[C@H]1C[C@H](OC2C=CC(C(F)(F)F)=CN2)CN1C(=O)C(NC(=O)C(NC(=O)c1cnccn1)C1CCCCC1)C(C)(C)C)C(=O)C(=O)NC1CC1. The van der Waals surface area contributed by atoms with E-state index >= 15 is 0 Å². The van der Waals surface area contributed by atoms with E-state index in [0.29, 0.717) is 19.3 Å². The van der Waals surface area contributed by atoms with Crippen molar-refractivity contribution in [2.24, 2.45) is 11.3 Å². The van der Waals surface area contributed by atoms with Crippen molar-refractivity contribution >= 4 is 35.3 Å². The van der Waals surface area contributed by atoms with E-state index < -0.39 is 89.0 Å². The van der Waals surface area contributed by atoms with Crippen molar-refractivity contribution in [2.75, 3.05) is 6.54 Å². The molecule has 312 valence electrons. The van der Waals surface area contributed by atoms with Crippen molar-refractivity contribution in [2.45, 2.75) is 141 Å². The first-order valence-electron chi connectivity index (χ1n) is 19.7. The summed E-state index contributed by atoms with van der Waals surface area (Å²) in [5, 5.41) is 13.6. The Labute approximate surface area is 329 Å². The molecule has 6 atom stereocenters. The number of ether oxygens (including phenoxy) is 1. The second kappa shape index (κ2) is 18.6. The summed E-state index contributed by atoms with van der Waals surface area (Å²) in [5.74, 6) is -4.45. The summed E-state index contributed by atoms with van der Waals surface area (Å²) < 4.78 is 45.8. The lowest BCUT2D eigenvalue weighted by atomic mass is 9.82. The number of amides is 5. The molecule has 2 saturated carbocycles. The lowest BCUT2D eigenvalue weighted by molar-refractivity contribution is -0.145. The average molecular weight is 803 g/mol. The Kier molecular flexibility index (Phi) is 14.1. The Bertz CT molecular complexity index is 1710. The number of carbonyl (C=O) groups is 6. The Morgan fingerprint density at radius 3 is 2.28 bits per heavy atom. The third-order valence-electron chi connectivity index (χ3n) is 10.6. The fourth-order valence-corrected chi connectivity index (χ4v) is 7.33. The highest BCUT2D eigenvalue weighted by molar-refractivity contribution is 6.38. The molecule has 57 heavy (non-hydrogen) atoms. The van der Waals surface area contributed by atoms with Crippen molar-refractivity contribution in [1.29, 1.82) is 0 Å². The molecule has 0 radical (unpaired) electrons. The number of halogens is 3. The zero-order valence-electron chi connectivity index (χ0n) is 32.7. The number of dihydropyridines is 1. The number of alkyl halides is 3. The van der Waals surface area contributed by atoms with Crippen molar-refractivity contribution in [1.82, 2.24) is 41.5 Å². The highest BCUT2D eigenvalue weighted by atomic mass is 19.4. The number of nitrogens with one attached hydrogen (secondary N) is 5. The predicted octanol–water partition coefficient (Wildman–Crippen LogP) is 2.74. The van der Waals surface area contributed by atoms with E-state index in [-0.39, 0.29) is 37.0 Å². The number of nitrogens with zero attached hydrogens (tertiary/aromatic N) is 3. The Morgan fingerprint density at radius 1 is 0.982 bits per heavy atom. The fraction of sp³-hybridized carbons (Fsp3) is 0.641. The molecule has 15 nitrogen and oxygen atoms in total. The third kappa shape index (κ3) is 11.6. The first-order chi connectivity index (χ1) is 27.0. The van der Waals surface area contributed by atoms with Gasteiger partial charge in [0.1, 0.15) is 30.0 Å². The van der Waals surface area contributed by atoms with E-state index in [1.807, 2.05) is 0 Å². The first kappa shape index (κ1) is 43.3. The van der Waals surface area contributed by atoms with Crippen LogP contribution < -0.4 is 26.6 Å². The molecule has 4 aliphatic rings. The fourth-order valence-electron chi connectivity index (χ4n) is 7.33. The van der Waals surface area contributed by atoms with E-state index in [2.05, 4.69) is 36.6 Å². The van der Waals surface area contributed by atoms with Gasteiger partial charge in [-0.1, -0.05) is 53.4 Å². The molecule has 5 N–H and O–H groups in total. The van der Waals surface area contributed by atoms with Crippen LogP contribution in [-0.2, 0) is 28.7 Å². The minimum atomic E-state index is -4.59. The summed E-state index contributed by atoms with van der Waals surface area (Å²) >= 11 is 0. The highest BCUT2D eigenvalue weighted by Gasteiger charge is 2.47. The van der Waals surface area contributed by atoms with Crippen molar-refractivity contribution in [3.8, 4) is 0 Å². The van der Waals surface area contributed by atoms with Crippen molar-refractivity contribution < 1.29 is 46.7 Å². The van der Waals surface area contributed by atoms with Crippen LogP contribution in [0.1, 0.15) is 102 Å². The molecule has 3 fully saturated rings. The number of Topliss-reactive ketones (excluding diaryl/α,β-unsaturated/α-hetero) is 1. The molecule has 0 aromatic carbocycles. The Hall–Kier alpha value is -4.87. The summed E-state index contributed by atoms with van der Waals surface area (Å²) in [6, 6.07) is -4.78. The molecule has 5 rings (SSSR count). The zero-order chi connectivity index (χ0) is 41.5. The van der Waals surface area contributed by atoms with Crippen LogP contribution in [0.15, 0.2) is 42.5 Å². The number of carbonyl (C=O) groups excluding carboxylic acids is 6. The normalized spacial score (nSPS) is 23.0. The molecule has 0 spiro atoms. The van der Waals surface area contributed by atoms with E-state index in [4.69, 9.17) is 4.74 Å². The number of hydrogen-bond acceptors (Lipinski definition) is 10. The minimum absolute atomic E-state index is 0.0174. The summed E-state index contributed by atoms with van der Waals surface area (Å²) in [5.41, 5.74) is -1.83. The molecule has 1 aromatic rings. The zero-order valence-corrected chi connectivity index (χ0v) is 32.7. The maximum absolute atomic E-state index is 14.7. The molecule has 18 heteroatoms. The van der Waals surface area contributed by atoms with Crippen LogP contribution in [0.25, 0.3) is 0 Å². The molecule has 3 heterocycles. The van der Waals surface area contributed by atoms with Gasteiger partial charge in [0.25, 0.3) is 11.8 Å². The minimum Gasteiger partial charge on any atom is -0.362 e. The third-order valence-corrected chi connectivity index (χ3v) is 10.6. The van der Waals surface area contributed by atoms with Crippen LogP contribution in [0, 0.1) is 11.3 Å². The van der Waals surface area contributed by atoms with Gasteiger partial charge in [0, 0.05) is 37.6 Å². The van der Waals surface area contributed by atoms with Gasteiger partial charge in [0.2, 0.25) is 23.5 Å². The largest absolute Gasteiger partial charge is 0.417 e. The standard InChI is InChI=1S/C39H53F3N8O7/c1-5-9-26(31(51)36(55)46-24-13-14-24)47-34(53)28-18-25(57-29-15-12-23(19-45-29)39(40,41)42)21-50(28)37(56)32(38(2,3)4)49-35(54)30(22-10-7-6-8-11-22)48-33(52)27-20-43-16-17-44-27/h12,15-17,19-20,22,24-26,28-30,32,45H,5-11,13-14,18,21H2,1-4H3,(H,46,55)(H,47,53)(H,48,52)(H,49,54)/t25-,26?,28+,29?,30?,32?/m0/s1. The van der Waals surface area contributed by atoms with Crippen LogP contribution in [0.3, 0.4) is 0 Å². The molecule has 4 unspecified atom stereocenters. The second-order valence-electron chi connectivity index (χ2n) is 16.3. The topological polar surface area (TPSA) is 201 Å². The molecule has 2 aliphatic heterocycles. The molecule has 0 bridgehead atoms. The molecule has 1 saturated heterocycles. The van der Waals surface area contributed by atoms with Gasteiger partial charge < -0.3 is 36.2 Å². The summed E-state index contributed by atoms with van der Waals surface area (Å²) in [6.07, 6.45) is 6.42. The molecule has 2 aliphatic carbocycles. The van der Waals surface area contributed by atoms with E-state index in [1.54, 1.807) is 27.7 Å². The smallest absolute Gasteiger partial charge is 0.362 e. The van der Waals surface area contributed by atoms with Gasteiger partial charge in [0.15, 0.2) is 0 Å². The van der Waals surface area contributed by atoms with Crippen LogP contribution in [0.4, 0.5) is 13.2 Å². The summed E-state index contributed by atoms with van der Waals surface area (Å²) in [7, 11) is 0. The van der Waals surface area contributed by atoms with Gasteiger partial charge in [-0.05, 0) is 55.6 Å². The highest BCUT2D eigenvalue weighted by Crippen LogP contribution is 2.32. The van der Waals surface area contributed by atoms with Gasteiger partial charge >= 0.3 is 6.18 Å². The van der Waals surface area contributed by atoms with E-state index in [0.717, 1.165) is 44.4 Å². The molecule has 1 aromatic heterocycles. The second-order valence-corrected chi connectivity index (χ2v) is 16.3. The van der Waals surface area contributed by atoms with E-state index in [9.17, 15) is 41.9 Å². The molecule has 5 amide bonds. The number of likely N-dealkylation sites (tertiary alicyclic amines) is 1. The van der Waals surface area contributed by atoms with Crippen LogP contribution in [0.2, 0.25) is 0 Å². The Morgan fingerprint density at radius 2 is 1.70 bits per heavy atom. The molecular formula is C39H53F3N8O7. The number of aromatic nitrogens is 2. The maximum Gasteiger partial charge on any atom is 0.417 e. The monoisotopic (exact) mass is 802 g/mol.